The van der Waals surface area contributed by atoms with Gasteiger partial charge in [-0.1, -0.05) is 15.9 Å². The van der Waals surface area contributed by atoms with E-state index in [0.29, 0.717) is 12.1 Å². The van der Waals surface area contributed by atoms with Gasteiger partial charge in [0.15, 0.2) is 0 Å². The van der Waals surface area contributed by atoms with Crippen molar-refractivity contribution in [3.8, 4) is 5.75 Å². The van der Waals surface area contributed by atoms with Gasteiger partial charge in [-0.2, -0.15) is 5.10 Å². The Morgan fingerprint density at radius 2 is 2.08 bits per heavy atom. The van der Waals surface area contributed by atoms with Crippen LogP contribution >= 0.6 is 15.9 Å². The lowest BCUT2D eigenvalue weighted by Gasteiger charge is -2.23. The summed E-state index contributed by atoms with van der Waals surface area (Å²) < 4.78 is 6.05. The molecule has 0 atom stereocenters. The molecular weight excluding hydrogens is 392 g/mol. The maximum atomic E-state index is 11.7. The predicted octanol–water partition coefficient (Wildman–Crippen LogP) is -0.974. The third-order valence-electron chi connectivity index (χ3n) is 3.76. The fraction of sp³-hybridized carbons (Fsp3) is 0.438. The van der Waals surface area contributed by atoms with Crippen LogP contribution in [0.3, 0.4) is 0 Å². The average Bonchev–Trinajstić information content (AvgIpc) is 2.62. The number of phenolic OH excluding ortho intramolecular Hbond substituents is 1. The minimum atomic E-state index is -0.843. The number of benzene rings is 1. The zero-order valence-electron chi connectivity index (χ0n) is 13.8. The Balaban J connectivity index is 1.66. The van der Waals surface area contributed by atoms with E-state index in [9.17, 15) is 14.7 Å². The molecule has 1 fully saturated rings. The topological polar surface area (TPSA) is 104 Å². The first-order chi connectivity index (χ1) is 12.1. The maximum absolute atomic E-state index is 11.7. The number of amides is 2. The first kappa shape index (κ1) is 19.4. The van der Waals surface area contributed by atoms with Crippen LogP contribution in [0.25, 0.3) is 0 Å². The summed E-state index contributed by atoms with van der Waals surface area (Å²) in [6.45, 7) is 4.88. The lowest BCUT2D eigenvalue weighted by atomic mass is 10.2. The second-order valence-electron chi connectivity index (χ2n) is 5.62. The molecule has 0 aliphatic carbocycles. The molecule has 2 rings (SSSR count). The summed E-state index contributed by atoms with van der Waals surface area (Å²) in [5, 5.41) is 15.9. The van der Waals surface area contributed by atoms with E-state index in [-0.39, 0.29) is 5.75 Å². The molecule has 0 aromatic heterocycles. The first-order valence-electron chi connectivity index (χ1n) is 8.07. The first-order valence-corrected chi connectivity index (χ1v) is 8.86. The smallest absolute Gasteiger partial charge is 0.329 e. The largest absolute Gasteiger partial charge is 0.507 e. The molecule has 0 unspecified atom stereocenters. The van der Waals surface area contributed by atoms with Crippen LogP contribution in [0.5, 0.6) is 5.75 Å². The van der Waals surface area contributed by atoms with Crippen molar-refractivity contribution in [3.63, 3.8) is 0 Å². The number of carbonyl (C=O) groups is 2. The normalized spacial score (nSPS) is 15.2. The lowest BCUT2D eigenvalue weighted by molar-refractivity contribution is -0.908. The van der Waals surface area contributed by atoms with Crippen molar-refractivity contribution in [1.82, 2.24) is 10.7 Å². The Bertz CT molecular complexity index is 633. The fourth-order valence-corrected chi connectivity index (χ4v) is 2.75. The molecule has 9 heteroatoms. The minimum absolute atomic E-state index is 0.0243. The van der Waals surface area contributed by atoms with Crippen LogP contribution in [0.4, 0.5) is 0 Å². The van der Waals surface area contributed by atoms with Gasteiger partial charge >= 0.3 is 11.8 Å². The maximum Gasteiger partial charge on any atom is 0.329 e. The van der Waals surface area contributed by atoms with Gasteiger partial charge in [-0.15, -0.1) is 0 Å². The third kappa shape index (κ3) is 6.81. The van der Waals surface area contributed by atoms with Crippen molar-refractivity contribution < 1.29 is 24.3 Å². The summed E-state index contributed by atoms with van der Waals surface area (Å²) >= 11 is 3.27. The molecule has 1 aliphatic rings. The molecule has 1 saturated heterocycles. The van der Waals surface area contributed by atoms with Gasteiger partial charge in [0.05, 0.1) is 26.0 Å². The van der Waals surface area contributed by atoms with Crippen LogP contribution in [0, 0.1) is 0 Å². The van der Waals surface area contributed by atoms with Crippen LogP contribution in [0.15, 0.2) is 27.8 Å². The number of hydrogen-bond acceptors (Lipinski definition) is 5. The molecule has 1 heterocycles. The number of halogens is 1. The number of nitrogens with zero attached hydrogens (tertiary/aromatic N) is 1. The number of nitrogens with one attached hydrogen (secondary N) is 3. The van der Waals surface area contributed by atoms with Crippen molar-refractivity contribution in [3.05, 3.63) is 28.2 Å². The standard InChI is InChI=1S/C16H21BrN4O4/c17-13-2-3-14(22)12(10-13)11-19-20-16(24)15(23)18-4-1-5-21-6-8-25-9-7-21/h2-3,10-11,22H,1,4-9H2,(H,18,23)(H,20,24)/p+1/b19-11+. The monoisotopic (exact) mass is 413 g/mol. The van der Waals surface area contributed by atoms with E-state index in [1.807, 2.05) is 0 Å². The molecule has 0 radical (unpaired) electrons. The summed E-state index contributed by atoms with van der Waals surface area (Å²) in [6, 6.07) is 4.81. The molecule has 0 bridgehead atoms. The average molecular weight is 414 g/mol. The van der Waals surface area contributed by atoms with Crippen molar-refractivity contribution in [2.75, 3.05) is 39.4 Å². The molecule has 8 nitrogen and oxygen atoms in total. The number of ether oxygens (including phenoxy) is 1. The van der Waals surface area contributed by atoms with Gasteiger partial charge in [-0.05, 0) is 18.2 Å². The minimum Gasteiger partial charge on any atom is -0.507 e. The highest BCUT2D eigenvalue weighted by Gasteiger charge is 2.15. The van der Waals surface area contributed by atoms with Crippen LogP contribution < -0.4 is 15.6 Å². The second-order valence-corrected chi connectivity index (χ2v) is 6.54. The molecule has 0 saturated carbocycles. The highest BCUT2D eigenvalue weighted by molar-refractivity contribution is 9.10. The van der Waals surface area contributed by atoms with Gasteiger partial charge in [0.2, 0.25) is 0 Å². The quantitative estimate of drug-likeness (QED) is 0.208. The number of quaternary nitrogens is 1. The van der Waals surface area contributed by atoms with Gasteiger partial charge < -0.3 is 20.1 Å². The highest BCUT2D eigenvalue weighted by Crippen LogP contribution is 2.19. The number of phenols is 1. The summed E-state index contributed by atoms with van der Waals surface area (Å²) in [6.07, 6.45) is 2.07. The molecule has 25 heavy (non-hydrogen) atoms. The molecule has 1 aromatic carbocycles. The Morgan fingerprint density at radius 3 is 2.84 bits per heavy atom. The Kier molecular flexibility index (Phi) is 7.83. The Morgan fingerprint density at radius 1 is 1.32 bits per heavy atom. The molecular formula is C16H22BrN4O4+. The van der Waals surface area contributed by atoms with Gasteiger partial charge in [-0.25, -0.2) is 5.43 Å². The third-order valence-corrected chi connectivity index (χ3v) is 4.25. The van der Waals surface area contributed by atoms with E-state index >= 15 is 0 Å². The number of rotatable bonds is 6. The van der Waals surface area contributed by atoms with E-state index in [4.69, 9.17) is 4.74 Å². The molecule has 1 aromatic rings. The van der Waals surface area contributed by atoms with Crippen LogP contribution in [-0.4, -0.2) is 62.5 Å². The SMILES string of the molecule is O=C(NCCC[NH+]1CCOCC1)C(=O)N/N=C/c1cc(Br)ccc1O. The number of morpholine rings is 1. The summed E-state index contributed by atoms with van der Waals surface area (Å²) in [7, 11) is 0. The summed E-state index contributed by atoms with van der Waals surface area (Å²) in [4.78, 5) is 24.8. The van der Waals surface area contributed by atoms with Gasteiger partial charge in [0, 0.05) is 23.0 Å². The lowest BCUT2D eigenvalue weighted by Crippen LogP contribution is -3.14. The molecule has 136 valence electrons. The van der Waals surface area contributed by atoms with Crippen LogP contribution in [0.1, 0.15) is 12.0 Å². The van der Waals surface area contributed by atoms with Crippen molar-refractivity contribution in [2.45, 2.75) is 6.42 Å². The molecule has 0 spiro atoms. The summed E-state index contributed by atoms with van der Waals surface area (Å²) in [5.41, 5.74) is 2.56. The van der Waals surface area contributed by atoms with Gasteiger partial charge in [0.25, 0.3) is 0 Å². The van der Waals surface area contributed by atoms with E-state index in [0.717, 1.165) is 43.7 Å². The number of hydrazone groups is 1. The van der Waals surface area contributed by atoms with Crippen molar-refractivity contribution in [2.24, 2.45) is 5.10 Å². The van der Waals surface area contributed by atoms with Crippen LogP contribution in [-0.2, 0) is 14.3 Å². The van der Waals surface area contributed by atoms with Crippen LogP contribution in [0.2, 0.25) is 0 Å². The van der Waals surface area contributed by atoms with E-state index in [1.165, 1.54) is 17.2 Å². The summed E-state index contributed by atoms with van der Waals surface area (Å²) in [5.74, 6) is -1.55. The van der Waals surface area contributed by atoms with E-state index < -0.39 is 11.8 Å². The highest BCUT2D eigenvalue weighted by atomic mass is 79.9. The Labute approximate surface area is 154 Å². The van der Waals surface area contributed by atoms with E-state index in [2.05, 4.69) is 31.8 Å². The van der Waals surface area contributed by atoms with Crippen molar-refractivity contribution in [1.29, 1.82) is 0 Å². The Hall–Kier alpha value is -1.97. The number of aromatic hydroxyl groups is 1. The van der Waals surface area contributed by atoms with E-state index in [1.54, 1.807) is 12.1 Å². The number of carbonyl (C=O) groups excluding carboxylic acids is 2. The second kappa shape index (κ2) is 10.1. The zero-order chi connectivity index (χ0) is 18.1. The zero-order valence-corrected chi connectivity index (χ0v) is 15.3. The molecule has 2 amide bonds. The molecule has 4 N–H and O–H groups in total. The molecule has 1 aliphatic heterocycles. The van der Waals surface area contributed by atoms with Gasteiger partial charge in [-0.3, -0.25) is 9.59 Å². The van der Waals surface area contributed by atoms with Gasteiger partial charge in [0.1, 0.15) is 18.8 Å². The predicted molar refractivity (Wildman–Crippen MR) is 95.6 cm³/mol. The number of hydrogen-bond donors (Lipinski definition) is 4. The fourth-order valence-electron chi connectivity index (χ4n) is 2.37. The van der Waals surface area contributed by atoms with Crippen molar-refractivity contribution >= 4 is 34.0 Å².